The predicted molar refractivity (Wildman–Crippen MR) is 58.9 cm³/mol. The van der Waals surface area contributed by atoms with Crippen LogP contribution in [0.1, 0.15) is 25.7 Å². The SMILES string of the molecule is O=C(O)c1cc(C(=O)c2ccccc2)sn1. The lowest BCUT2D eigenvalue weighted by Gasteiger charge is -1.95. The Morgan fingerprint density at radius 3 is 2.44 bits per heavy atom. The maximum Gasteiger partial charge on any atom is 0.355 e. The second-order valence-corrected chi connectivity index (χ2v) is 3.88. The van der Waals surface area contributed by atoms with Crippen molar-refractivity contribution in [3.05, 3.63) is 52.5 Å². The van der Waals surface area contributed by atoms with Crippen LogP contribution in [0.15, 0.2) is 36.4 Å². The Labute approximate surface area is 95.3 Å². The quantitative estimate of drug-likeness (QED) is 0.824. The molecule has 0 saturated carbocycles. The van der Waals surface area contributed by atoms with Crippen molar-refractivity contribution in [3.8, 4) is 0 Å². The Morgan fingerprint density at radius 1 is 1.19 bits per heavy atom. The predicted octanol–water partition coefficient (Wildman–Crippen LogP) is 2.07. The van der Waals surface area contributed by atoms with Gasteiger partial charge in [0.15, 0.2) is 5.69 Å². The largest absolute Gasteiger partial charge is 0.476 e. The summed E-state index contributed by atoms with van der Waals surface area (Å²) in [6.45, 7) is 0. The van der Waals surface area contributed by atoms with Crippen LogP contribution >= 0.6 is 11.5 Å². The number of rotatable bonds is 3. The average molecular weight is 233 g/mol. The van der Waals surface area contributed by atoms with E-state index in [1.54, 1.807) is 24.3 Å². The summed E-state index contributed by atoms with van der Waals surface area (Å²) in [5, 5.41) is 8.68. The van der Waals surface area contributed by atoms with Gasteiger partial charge < -0.3 is 5.11 Å². The first-order valence-corrected chi connectivity index (χ1v) is 5.25. The van der Waals surface area contributed by atoms with Crippen molar-refractivity contribution in [2.45, 2.75) is 0 Å². The number of hydrogen-bond donors (Lipinski definition) is 1. The van der Waals surface area contributed by atoms with Gasteiger partial charge in [-0.15, -0.1) is 0 Å². The number of benzene rings is 1. The molecule has 0 saturated heterocycles. The Kier molecular flexibility index (Phi) is 2.78. The molecular weight excluding hydrogens is 226 g/mol. The third-order valence-corrected chi connectivity index (χ3v) is 2.78. The van der Waals surface area contributed by atoms with Crippen molar-refractivity contribution in [3.63, 3.8) is 0 Å². The fourth-order valence-electron chi connectivity index (χ4n) is 1.21. The molecule has 80 valence electrons. The number of carbonyl (C=O) groups excluding carboxylic acids is 1. The normalized spacial score (nSPS) is 10.0. The Hall–Kier alpha value is -2.01. The van der Waals surface area contributed by atoms with E-state index in [0.717, 1.165) is 11.5 Å². The van der Waals surface area contributed by atoms with Gasteiger partial charge in [-0.3, -0.25) is 4.79 Å². The second kappa shape index (κ2) is 4.24. The monoisotopic (exact) mass is 233 g/mol. The molecule has 16 heavy (non-hydrogen) atoms. The third kappa shape index (κ3) is 1.99. The number of aromatic carboxylic acids is 1. The Bertz CT molecular complexity index is 533. The summed E-state index contributed by atoms with van der Waals surface area (Å²) >= 11 is 0.900. The fraction of sp³-hybridized carbons (Fsp3) is 0. The van der Waals surface area contributed by atoms with Crippen LogP contribution in [-0.2, 0) is 0 Å². The maximum absolute atomic E-state index is 11.9. The van der Waals surface area contributed by atoms with Crippen LogP contribution in [0.2, 0.25) is 0 Å². The second-order valence-electron chi connectivity index (χ2n) is 3.08. The average Bonchev–Trinajstić information content (AvgIpc) is 2.78. The van der Waals surface area contributed by atoms with E-state index in [4.69, 9.17) is 5.11 Å². The molecule has 2 aromatic rings. The number of aromatic nitrogens is 1. The summed E-state index contributed by atoms with van der Waals surface area (Å²) in [6.07, 6.45) is 0. The molecule has 0 atom stereocenters. The minimum absolute atomic E-state index is 0.0933. The highest BCUT2D eigenvalue weighted by Gasteiger charge is 2.15. The molecule has 0 unspecified atom stereocenters. The van der Waals surface area contributed by atoms with Crippen molar-refractivity contribution < 1.29 is 14.7 Å². The van der Waals surface area contributed by atoms with E-state index in [-0.39, 0.29) is 11.5 Å². The third-order valence-electron chi connectivity index (χ3n) is 1.99. The zero-order valence-corrected chi connectivity index (χ0v) is 8.90. The molecule has 5 heteroatoms. The Morgan fingerprint density at radius 2 is 1.88 bits per heavy atom. The van der Waals surface area contributed by atoms with Crippen LogP contribution in [0.3, 0.4) is 0 Å². The highest BCUT2D eigenvalue weighted by Crippen LogP contribution is 2.15. The van der Waals surface area contributed by atoms with E-state index in [1.807, 2.05) is 6.07 Å². The molecule has 1 N–H and O–H groups in total. The van der Waals surface area contributed by atoms with Gasteiger partial charge in [-0.2, -0.15) is 4.37 Å². The van der Waals surface area contributed by atoms with Gasteiger partial charge in [0.1, 0.15) is 0 Å². The lowest BCUT2D eigenvalue weighted by atomic mass is 10.1. The topological polar surface area (TPSA) is 67.3 Å². The number of carbonyl (C=O) groups is 2. The van der Waals surface area contributed by atoms with Crippen LogP contribution < -0.4 is 0 Å². The number of nitrogens with zero attached hydrogens (tertiary/aromatic N) is 1. The minimum atomic E-state index is -1.12. The molecule has 0 aliphatic rings. The van der Waals surface area contributed by atoms with Crippen LogP contribution in [0.25, 0.3) is 0 Å². The molecule has 1 aromatic carbocycles. The van der Waals surface area contributed by atoms with E-state index in [9.17, 15) is 9.59 Å². The Balaban J connectivity index is 2.31. The number of carboxylic acid groups (broad SMARTS) is 1. The van der Waals surface area contributed by atoms with E-state index in [1.165, 1.54) is 6.07 Å². The summed E-state index contributed by atoms with van der Waals surface area (Å²) < 4.78 is 3.68. The van der Waals surface area contributed by atoms with Crippen LogP contribution in [0.4, 0.5) is 0 Å². The van der Waals surface area contributed by atoms with E-state index < -0.39 is 5.97 Å². The molecule has 0 fully saturated rings. The van der Waals surface area contributed by atoms with Gasteiger partial charge in [-0.25, -0.2) is 4.79 Å². The van der Waals surface area contributed by atoms with E-state index in [2.05, 4.69) is 4.37 Å². The smallest absolute Gasteiger partial charge is 0.355 e. The molecule has 0 bridgehead atoms. The van der Waals surface area contributed by atoms with Gasteiger partial charge in [0.25, 0.3) is 0 Å². The number of hydrogen-bond acceptors (Lipinski definition) is 4. The first kappa shape index (κ1) is 10.5. The van der Waals surface area contributed by atoms with Crippen molar-refractivity contribution in [2.24, 2.45) is 0 Å². The van der Waals surface area contributed by atoms with Crippen molar-refractivity contribution in [1.82, 2.24) is 4.37 Å². The van der Waals surface area contributed by atoms with Gasteiger partial charge >= 0.3 is 5.97 Å². The maximum atomic E-state index is 11.9. The molecule has 0 spiro atoms. The van der Waals surface area contributed by atoms with E-state index in [0.29, 0.717) is 10.4 Å². The van der Waals surface area contributed by atoms with Gasteiger partial charge in [-0.1, -0.05) is 30.3 Å². The van der Waals surface area contributed by atoms with Crippen LogP contribution in [0, 0.1) is 0 Å². The van der Waals surface area contributed by atoms with Gasteiger partial charge in [0.05, 0.1) is 4.88 Å². The standard InChI is InChI=1S/C11H7NO3S/c13-10(7-4-2-1-3-5-7)9-6-8(11(14)15)12-16-9/h1-6H,(H,14,15). The molecule has 0 radical (unpaired) electrons. The number of ketones is 1. The molecule has 0 amide bonds. The lowest BCUT2D eigenvalue weighted by molar-refractivity contribution is 0.0692. The summed E-state index contributed by atoms with van der Waals surface area (Å²) in [6, 6.07) is 9.98. The molecule has 4 nitrogen and oxygen atoms in total. The van der Waals surface area contributed by atoms with E-state index >= 15 is 0 Å². The summed E-state index contributed by atoms with van der Waals surface area (Å²) in [5.74, 6) is -1.33. The highest BCUT2D eigenvalue weighted by atomic mass is 32.1. The number of carboxylic acids is 1. The van der Waals surface area contributed by atoms with Crippen molar-refractivity contribution >= 4 is 23.3 Å². The molecule has 1 aromatic heterocycles. The minimum Gasteiger partial charge on any atom is -0.476 e. The first-order chi connectivity index (χ1) is 7.68. The molecule has 1 heterocycles. The molecule has 2 rings (SSSR count). The van der Waals surface area contributed by atoms with Gasteiger partial charge in [0.2, 0.25) is 5.78 Å². The highest BCUT2D eigenvalue weighted by molar-refractivity contribution is 7.08. The molecule has 0 aliphatic heterocycles. The summed E-state index contributed by atoms with van der Waals surface area (Å²) in [5.41, 5.74) is 0.437. The molecular formula is C11H7NO3S. The zero-order chi connectivity index (χ0) is 11.5. The van der Waals surface area contributed by atoms with Crippen molar-refractivity contribution in [1.29, 1.82) is 0 Å². The van der Waals surface area contributed by atoms with Gasteiger partial charge in [-0.05, 0) is 17.6 Å². The summed E-state index contributed by atoms with van der Waals surface area (Å²) in [4.78, 5) is 22.8. The fourth-order valence-corrected chi connectivity index (χ4v) is 1.91. The first-order valence-electron chi connectivity index (χ1n) is 4.48. The van der Waals surface area contributed by atoms with Crippen LogP contribution in [-0.4, -0.2) is 21.2 Å². The van der Waals surface area contributed by atoms with Crippen molar-refractivity contribution in [2.75, 3.05) is 0 Å². The lowest BCUT2D eigenvalue weighted by Crippen LogP contribution is -1.99. The van der Waals surface area contributed by atoms with Gasteiger partial charge in [0, 0.05) is 5.56 Å². The van der Waals surface area contributed by atoms with Crippen LogP contribution in [0.5, 0.6) is 0 Å². The molecule has 0 aliphatic carbocycles. The zero-order valence-electron chi connectivity index (χ0n) is 8.08. The summed E-state index contributed by atoms with van der Waals surface area (Å²) in [7, 11) is 0.